The van der Waals surface area contributed by atoms with Crippen LogP contribution in [-0.2, 0) is 19.7 Å². The molecule has 0 spiro atoms. The lowest BCUT2D eigenvalue weighted by Crippen LogP contribution is -2.29. The molecule has 0 saturated heterocycles. The molecule has 0 atom stereocenters. The van der Waals surface area contributed by atoms with Crippen molar-refractivity contribution in [3.05, 3.63) is 36.2 Å². The zero-order valence-electron chi connectivity index (χ0n) is 17.0. The van der Waals surface area contributed by atoms with E-state index in [-0.39, 0.29) is 11.7 Å². The summed E-state index contributed by atoms with van der Waals surface area (Å²) in [6.07, 6.45) is 15.6. The fourth-order valence-electron chi connectivity index (χ4n) is 3.32. The Morgan fingerprint density at radius 1 is 1.17 bits per heavy atom. The maximum absolute atomic E-state index is 11.9. The summed E-state index contributed by atoms with van der Waals surface area (Å²) in [5.74, 6) is 0.398. The number of pyridine rings is 1. The van der Waals surface area contributed by atoms with Gasteiger partial charge in [0.05, 0.1) is 12.4 Å². The Balaban J connectivity index is 1.46. The van der Waals surface area contributed by atoms with E-state index in [4.69, 9.17) is 4.84 Å². The lowest BCUT2D eigenvalue weighted by atomic mass is 9.90. The van der Waals surface area contributed by atoms with E-state index < -0.39 is 10.0 Å². The van der Waals surface area contributed by atoms with Crippen molar-refractivity contribution in [1.29, 1.82) is 0 Å². The summed E-state index contributed by atoms with van der Waals surface area (Å²) in [5, 5.41) is 2.82. The number of unbranched alkanes of at least 4 members (excludes halogenated alkanes) is 3. The maximum atomic E-state index is 11.9. The molecule has 1 aliphatic rings. The summed E-state index contributed by atoms with van der Waals surface area (Å²) >= 11 is 0. The van der Waals surface area contributed by atoms with Crippen LogP contribution in [0.5, 0.6) is 0 Å². The number of rotatable bonds is 13. The first kappa shape index (κ1) is 23.5. The fourth-order valence-corrected chi connectivity index (χ4v) is 4.24. The number of hydrogen-bond donors (Lipinski definition) is 2. The van der Waals surface area contributed by atoms with E-state index in [1.54, 1.807) is 18.5 Å². The molecule has 1 aliphatic carbocycles. The van der Waals surface area contributed by atoms with Gasteiger partial charge in [-0.05, 0) is 49.3 Å². The summed E-state index contributed by atoms with van der Waals surface area (Å²) in [6.45, 7) is 1.04. The quantitative estimate of drug-likeness (QED) is 0.288. The molecule has 1 amide bonds. The minimum Gasteiger partial charge on any atom is -0.353 e. The molecule has 0 aliphatic heterocycles. The van der Waals surface area contributed by atoms with Gasteiger partial charge in [-0.15, -0.1) is 0 Å². The van der Waals surface area contributed by atoms with E-state index in [1.807, 2.05) is 12.1 Å². The van der Waals surface area contributed by atoms with Crippen molar-refractivity contribution in [1.82, 2.24) is 15.2 Å². The summed E-state index contributed by atoms with van der Waals surface area (Å²) in [5.41, 5.74) is 0.875. The van der Waals surface area contributed by atoms with Gasteiger partial charge in [-0.3, -0.25) is 14.6 Å². The van der Waals surface area contributed by atoms with Crippen LogP contribution in [0.4, 0.5) is 0 Å². The maximum Gasteiger partial charge on any atom is 0.243 e. The number of amides is 1. The molecule has 2 N–H and O–H groups in total. The highest BCUT2D eigenvalue weighted by atomic mass is 32.2. The SMILES string of the molecule is O=C(/C=C/c1cccnc1)NCCCCCCS(=O)(=O)NOCC1CCCCC1. The molecule has 7 nitrogen and oxygen atoms in total. The van der Waals surface area contributed by atoms with Gasteiger partial charge in [-0.25, -0.2) is 8.42 Å². The zero-order chi connectivity index (χ0) is 20.8. The van der Waals surface area contributed by atoms with Gasteiger partial charge in [-0.1, -0.05) is 43.1 Å². The lowest BCUT2D eigenvalue weighted by molar-refractivity contribution is -0.116. The van der Waals surface area contributed by atoms with E-state index in [9.17, 15) is 13.2 Å². The number of hydrogen-bond acceptors (Lipinski definition) is 5. The molecule has 1 heterocycles. The third-order valence-electron chi connectivity index (χ3n) is 4.98. The molecular formula is C21H33N3O4S. The molecule has 162 valence electrons. The van der Waals surface area contributed by atoms with Crippen LogP contribution in [0.15, 0.2) is 30.6 Å². The molecule has 29 heavy (non-hydrogen) atoms. The summed E-state index contributed by atoms with van der Waals surface area (Å²) in [7, 11) is -3.38. The average molecular weight is 424 g/mol. The number of carbonyl (C=O) groups excluding carboxylic acids is 1. The molecule has 2 rings (SSSR count). The van der Waals surface area contributed by atoms with Gasteiger partial charge in [0.25, 0.3) is 0 Å². The predicted molar refractivity (Wildman–Crippen MR) is 114 cm³/mol. The highest BCUT2D eigenvalue weighted by Gasteiger charge is 2.15. The Hall–Kier alpha value is -1.77. The lowest BCUT2D eigenvalue weighted by Gasteiger charge is -2.20. The molecular weight excluding hydrogens is 390 g/mol. The fraction of sp³-hybridized carbons (Fsp3) is 0.619. The minimum atomic E-state index is -3.38. The molecule has 1 aromatic rings. The van der Waals surface area contributed by atoms with Gasteiger partial charge >= 0.3 is 0 Å². The van der Waals surface area contributed by atoms with Crippen molar-refractivity contribution in [2.24, 2.45) is 5.92 Å². The van der Waals surface area contributed by atoms with Crippen LogP contribution in [0.1, 0.15) is 63.4 Å². The molecule has 1 aromatic heterocycles. The Bertz CT molecular complexity index is 717. The van der Waals surface area contributed by atoms with Crippen molar-refractivity contribution in [2.75, 3.05) is 18.9 Å². The van der Waals surface area contributed by atoms with Gasteiger partial charge in [0.1, 0.15) is 0 Å². The molecule has 0 radical (unpaired) electrons. The molecule has 8 heteroatoms. The average Bonchev–Trinajstić information content (AvgIpc) is 2.73. The van der Waals surface area contributed by atoms with Crippen LogP contribution in [0.3, 0.4) is 0 Å². The van der Waals surface area contributed by atoms with Crippen molar-refractivity contribution in [3.8, 4) is 0 Å². The first-order chi connectivity index (χ1) is 14.1. The Kier molecular flexibility index (Phi) is 10.9. The van der Waals surface area contributed by atoms with Gasteiger partial charge in [0.15, 0.2) is 0 Å². The van der Waals surface area contributed by atoms with Crippen LogP contribution in [-0.4, -0.2) is 38.2 Å². The second-order valence-corrected chi connectivity index (χ2v) is 9.35. The van der Waals surface area contributed by atoms with Gasteiger partial charge < -0.3 is 5.32 Å². The second kappa shape index (κ2) is 13.5. The first-order valence-corrected chi connectivity index (χ1v) is 12.2. The normalized spacial score (nSPS) is 15.6. The van der Waals surface area contributed by atoms with Crippen molar-refractivity contribution in [3.63, 3.8) is 0 Å². The summed E-state index contributed by atoms with van der Waals surface area (Å²) in [6, 6.07) is 3.69. The highest BCUT2D eigenvalue weighted by Crippen LogP contribution is 2.23. The van der Waals surface area contributed by atoms with E-state index in [0.717, 1.165) is 37.7 Å². The molecule has 0 unspecified atom stereocenters. The number of aromatic nitrogens is 1. The first-order valence-electron chi connectivity index (χ1n) is 10.5. The highest BCUT2D eigenvalue weighted by molar-refractivity contribution is 7.89. The number of nitrogens with zero attached hydrogens (tertiary/aromatic N) is 1. The van der Waals surface area contributed by atoms with Crippen LogP contribution >= 0.6 is 0 Å². The Morgan fingerprint density at radius 3 is 2.72 bits per heavy atom. The summed E-state index contributed by atoms with van der Waals surface area (Å²) in [4.78, 5) is 23.2. The third kappa shape index (κ3) is 11.1. The van der Waals surface area contributed by atoms with E-state index in [2.05, 4.69) is 15.2 Å². The number of sulfonamides is 1. The summed E-state index contributed by atoms with van der Waals surface area (Å²) < 4.78 is 23.9. The van der Waals surface area contributed by atoms with Gasteiger partial charge in [-0.2, -0.15) is 0 Å². The standard InChI is InChI=1S/C21H33N3O4S/c25-21(13-12-19-11-8-14-22-17-19)23-15-6-1-2-7-16-29(26,27)24-28-18-20-9-4-3-5-10-20/h8,11-14,17,20,24H,1-7,9-10,15-16,18H2,(H,23,25)/b13-12+. The number of carbonyl (C=O) groups is 1. The zero-order valence-corrected chi connectivity index (χ0v) is 17.8. The van der Waals surface area contributed by atoms with Crippen molar-refractivity contribution in [2.45, 2.75) is 57.8 Å². The minimum absolute atomic E-state index is 0.0673. The smallest absolute Gasteiger partial charge is 0.243 e. The Labute approximate surface area is 174 Å². The van der Waals surface area contributed by atoms with Gasteiger partial charge in [0.2, 0.25) is 15.9 Å². The van der Waals surface area contributed by atoms with Crippen molar-refractivity contribution < 1.29 is 18.0 Å². The second-order valence-electron chi connectivity index (χ2n) is 7.54. The molecule has 1 fully saturated rings. The van der Waals surface area contributed by atoms with E-state index in [1.165, 1.54) is 25.3 Å². The molecule has 0 aromatic carbocycles. The van der Waals surface area contributed by atoms with Gasteiger partial charge in [0, 0.05) is 25.0 Å². The Morgan fingerprint density at radius 2 is 1.97 bits per heavy atom. The molecule has 0 bridgehead atoms. The van der Waals surface area contributed by atoms with Crippen LogP contribution in [0.2, 0.25) is 0 Å². The van der Waals surface area contributed by atoms with Crippen LogP contribution in [0.25, 0.3) is 6.08 Å². The third-order valence-corrected chi connectivity index (χ3v) is 6.18. The predicted octanol–water partition coefficient (Wildman–Crippen LogP) is 3.20. The monoisotopic (exact) mass is 423 g/mol. The topological polar surface area (TPSA) is 97.4 Å². The van der Waals surface area contributed by atoms with E-state index in [0.29, 0.717) is 25.5 Å². The number of nitrogens with one attached hydrogen (secondary N) is 2. The van der Waals surface area contributed by atoms with Crippen LogP contribution < -0.4 is 10.2 Å². The molecule has 1 saturated carbocycles. The van der Waals surface area contributed by atoms with E-state index >= 15 is 0 Å². The van der Waals surface area contributed by atoms with Crippen LogP contribution in [0, 0.1) is 5.92 Å². The largest absolute Gasteiger partial charge is 0.353 e. The van der Waals surface area contributed by atoms with Crippen molar-refractivity contribution >= 4 is 22.0 Å².